The van der Waals surface area contributed by atoms with Gasteiger partial charge in [0, 0.05) is 19.5 Å². The molecule has 0 spiro atoms. The Hall–Kier alpha value is -2.37. The lowest BCUT2D eigenvalue weighted by molar-refractivity contribution is -0.385. The van der Waals surface area contributed by atoms with E-state index in [9.17, 15) is 14.9 Å². The number of methoxy groups -OCH3 is 1. The van der Waals surface area contributed by atoms with Crippen LogP contribution in [0.3, 0.4) is 0 Å². The Kier molecular flexibility index (Phi) is 4.86. The van der Waals surface area contributed by atoms with Crippen molar-refractivity contribution in [3.05, 3.63) is 40.0 Å². The van der Waals surface area contributed by atoms with E-state index in [2.05, 4.69) is 5.32 Å². The Bertz CT molecular complexity index is 483. The fraction of sp³-hybridized carbons (Fsp3) is 0.250. The molecule has 1 amide bonds. The first-order valence-corrected chi connectivity index (χ1v) is 5.28. The molecule has 1 N–H and O–H groups in total. The van der Waals surface area contributed by atoms with E-state index in [1.807, 2.05) is 0 Å². The fourth-order valence-electron chi connectivity index (χ4n) is 1.42. The van der Waals surface area contributed by atoms with Gasteiger partial charge < -0.3 is 10.1 Å². The van der Waals surface area contributed by atoms with Crippen LogP contribution in [0.1, 0.15) is 12.5 Å². The molecule has 0 aliphatic rings. The maximum Gasteiger partial charge on any atom is 0.280 e. The first-order valence-electron chi connectivity index (χ1n) is 5.28. The van der Waals surface area contributed by atoms with Crippen LogP contribution < -0.4 is 10.1 Å². The molecule has 0 aliphatic carbocycles. The molecule has 96 valence electrons. The van der Waals surface area contributed by atoms with Crippen molar-refractivity contribution in [2.24, 2.45) is 0 Å². The lowest BCUT2D eigenvalue weighted by Gasteiger charge is -2.05. The van der Waals surface area contributed by atoms with Crippen LogP contribution in [0.25, 0.3) is 6.08 Å². The van der Waals surface area contributed by atoms with E-state index >= 15 is 0 Å². The Morgan fingerprint density at radius 3 is 2.83 bits per heavy atom. The third kappa shape index (κ3) is 3.58. The molecule has 1 aromatic rings. The zero-order valence-corrected chi connectivity index (χ0v) is 10.2. The number of nitrogens with zero attached hydrogens (tertiary/aromatic N) is 1. The number of rotatable bonds is 5. The maximum absolute atomic E-state index is 10.9. The monoisotopic (exact) mass is 250 g/mol. The highest BCUT2D eigenvalue weighted by Crippen LogP contribution is 2.29. The standard InChI is InChI=1S/C12H14N2O4/c1-9(15)13-8-4-5-10-11(14(16)17)6-3-7-12(10)18-2/h3-7H,8H2,1-2H3,(H,13,15). The minimum Gasteiger partial charge on any atom is -0.496 e. The number of hydrogen-bond donors (Lipinski definition) is 1. The van der Waals surface area contributed by atoms with E-state index in [1.54, 1.807) is 24.3 Å². The van der Waals surface area contributed by atoms with Crippen molar-refractivity contribution in [2.75, 3.05) is 13.7 Å². The van der Waals surface area contributed by atoms with Crippen molar-refractivity contribution in [3.8, 4) is 5.75 Å². The smallest absolute Gasteiger partial charge is 0.280 e. The highest BCUT2D eigenvalue weighted by Gasteiger charge is 2.15. The summed E-state index contributed by atoms with van der Waals surface area (Å²) in [6.07, 6.45) is 3.19. The van der Waals surface area contributed by atoms with E-state index in [0.717, 1.165) is 0 Å². The molecule has 1 aromatic carbocycles. The summed E-state index contributed by atoms with van der Waals surface area (Å²) in [6.45, 7) is 1.71. The largest absolute Gasteiger partial charge is 0.496 e. The molecule has 0 atom stereocenters. The summed E-state index contributed by atoms with van der Waals surface area (Å²) in [5.41, 5.74) is 0.351. The second kappa shape index (κ2) is 6.39. The molecule has 0 heterocycles. The zero-order chi connectivity index (χ0) is 13.5. The molecule has 18 heavy (non-hydrogen) atoms. The van der Waals surface area contributed by atoms with Crippen LogP contribution in [0.15, 0.2) is 24.3 Å². The summed E-state index contributed by atoms with van der Waals surface area (Å²) in [5.74, 6) is 0.262. The first kappa shape index (κ1) is 13.7. The molecule has 0 aromatic heterocycles. The summed E-state index contributed by atoms with van der Waals surface area (Å²) in [7, 11) is 1.45. The van der Waals surface area contributed by atoms with E-state index in [4.69, 9.17) is 4.74 Å². The van der Waals surface area contributed by atoms with Crippen LogP contribution in [0.4, 0.5) is 5.69 Å². The Morgan fingerprint density at radius 2 is 2.28 bits per heavy atom. The third-order valence-electron chi connectivity index (χ3n) is 2.21. The summed E-state index contributed by atoms with van der Waals surface area (Å²) in [5, 5.41) is 13.4. The van der Waals surface area contributed by atoms with Crippen molar-refractivity contribution in [1.82, 2.24) is 5.32 Å². The molecular weight excluding hydrogens is 236 g/mol. The molecule has 0 bridgehead atoms. The van der Waals surface area contributed by atoms with Gasteiger partial charge in [-0.1, -0.05) is 12.1 Å². The molecule has 0 radical (unpaired) electrons. The number of carbonyl (C=O) groups excluding carboxylic acids is 1. The van der Waals surface area contributed by atoms with Gasteiger partial charge in [0.1, 0.15) is 5.75 Å². The number of benzene rings is 1. The van der Waals surface area contributed by atoms with Crippen LogP contribution in [-0.2, 0) is 4.79 Å². The normalized spacial score (nSPS) is 10.3. The van der Waals surface area contributed by atoms with Gasteiger partial charge in [-0.15, -0.1) is 0 Å². The van der Waals surface area contributed by atoms with Gasteiger partial charge >= 0.3 is 0 Å². The predicted octanol–water partition coefficient (Wildman–Crippen LogP) is 1.75. The predicted molar refractivity (Wildman–Crippen MR) is 67.4 cm³/mol. The number of nitro benzene ring substituents is 1. The van der Waals surface area contributed by atoms with Crippen molar-refractivity contribution in [1.29, 1.82) is 0 Å². The molecule has 6 nitrogen and oxygen atoms in total. The summed E-state index contributed by atoms with van der Waals surface area (Å²) in [4.78, 5) is 21.1. The van der Waals surface area contributed by atoms with E-state index in [-0.39, 0.29) is 11.6 Å². The second-order valence-electron chi connectivity index (χ2n) is 3.49. The molecule has 0 unspecified atom stereocenters. The van der Waals surface area contributed by atoms with Gasteiger partial charge in [-0.2, -0.15) is 0 Å². The molecule has 6 heteroatoms. The molecule has 1 rings (SSSR count). The van der Waals surface area contributed by atoms with Crippen molar-refractivity contribution in [3.63, 3.8) is 0 Å². The molecular formula is C12H14N2O4. The number of ether oxygens (including phenoxy) is 1. The maximum atomic E-state index is 10.9. The van der Waals surface area contributed by atoms with Gasteiger partial charge in [-0.05, 0) is 12.1 Å². The van der Waals surface area contributed by atoms with Crippen LogP contribution in [0.5, 0.6) is 5.75 Å². The van der Waals surface area contributed by atoms with Gasteiger partial charge in [0.25, 0.3) is 5.69 Å². The number of nitrogens with one attached hydrogen (secondary N) is 1. The minimum atomic E-state index is -0.472. The lowest BCUT2D eigenvalue weighted by Crippen LogP contribution is -2.19. The van der Waals surface area contributed by atoms with E-state index in [0.29, 0.717) is 17.9 Å². The fourth-order valence-corrected chi connectivity index (χ4v) is 1.42. The quantitative estimate of drug-likeness (QED) is 0.637. The SMILES string of the molecule is COc1cccc([N+](=O)[O-])c1C=CCNC(C)=O. The Balaban J connectivity index is 2.97. The topological polar surface area (TPSA) is 81.5 Å². The molecule has 0 aliphatic heterocycles. The summed E-state index contributed by atoms with van der Waals surface area (Å²) in [6, 6.07) is 4.60. The second-order valence-corrected chi connectivity index (χ2v) is 3.49. The average molecular weight is 250 g/mol. The van der Waals surface area contributed by atoms with Gasteiger partial charge in [0.2, 0.25) is 5.91 Å². The highest BCUT2D eigenvalue weighted by molar-refractivity contribution is 5.73. The lowest BCUT2D eigenvalue weighted by atomic mass is 10.1. The third-order valence-corrected chi connectivity index (χ3v) is 2.21. The summed E-state index contributed by atoms with van der Waals surface area (Å²) >= 11 is 0. The van der Waals surface area contributed by atoms with Crippen LogP contribution in [0, 0.1) is 10.1 Å². The number of carbonyl (C=O) groups is 1. The number of amides is 1. The van der Waals surface area contributed by atoms with Crippen LogP contribution >= 0.6 is 0 Å². The average Bonchev–Trinajstić information content (AvgIpc) is 2.33. The van der Waals surface area contributed by atoms with E-state index < -0.39 is 4.92 Å². The number of nitro groups is 1. The van der Waals surface area contributed by atoms with Crippen LogP contribution in [-0.4, -0.2) is 24.5 Å². The minimum absolute atomic E-state index is 0.0339. The van der Waals surface area contributed by atoms with Crippen LogP contribution in [0.2, 0.25) is 0 Å². The summed E-state index contributed by atoms with van der Waals surface area (Å²) < 4.78 is 5.07. The Morgan fingerprint density at radius 1 is 1.56 bits per heavy atom. The van der Waals surface area contributed by atoms with E-state index in [1.165, 1.54) is 20.1 Å². The van der Waals surface area contributed by atoms with Crippen molar-refractivity contribution >= 4 is 17.7 Å². The first-order chi connectivity index (χ1) is 8.56. The van der Waals surface area contributed by atoms with Gasteiger partial charge in [-0.3, -0.25) is 14.9 Å². The highest BCUT2D eigenvalue weighted by atomic mass is 16.6. The molecule has 0 fully saturated rings. The Labute approximate surface area is 104 Å². The van der Waals surface area contributed by atoms with Crippen molar-refractivity contribution in [2.45, 2.75) is 6.92 Å². The van der Waals surface area contributed by atoms with Crippen molar-refractivity contribution < 1.29 is 14.5 Å². The van der Waals surface area contributed by atoms with Gasteiger partial charge in [0.15, 0.2) is 0 Å². The van der Waals surface area contributed by atoms with Gasteiger partial charge in [-0.25, -0.2) is 0 Å². The van der Waals surface area contributed by atoms with Gasteiger partial charge in [0.05, 0.1) is 17.6 Å². The number of hydrogen-bond acceptors (Lipinski definition) is 4. The molecule has 0 saturated carbocycles. The zero-order valence-electron chi connectivity index (χ0n) is 10.2. The molecule has 0 saturated heterocycles.